The highest BCUT2D eigenvalue weighted by Crippen LogP contribution is 2.44. The molecule has 0 fully saturated rings. The van der Waals surface area contributed by atoms with Crippen molar-refractivity contribution < 1.29 is 8.83 Å². The molecule has 5 heterocycles. The van der Waals surface area contributed by atoms with Crippen molar-refractivity contribution in [1.82, 2.24) is 19.5 Å². The van der Waals surface area contributed by atoms with Crippen molar-refractivity contribution in [1.29, 1.82) is 0 Å². The van der Waals surface area contributed by atoms with Crippen molar-refractivity contribution in [2.75, 3.05) is 0 Å². The van der Waals surface area contributed by atoms with Crippen LogP contribution in [0.2, 0.25) is 0 Å². The Morgan fingerprint density at radius 2 is 0.984 bits per heavy atom. The van der Waals surface area contributed by atoms with Gasteiger partial charge in [-0.2, -0.15) is 0 Å². The summed E-state index contributed by atoms with van der Waals surface area (Å²) >= 11 is 1.78. The number of benzene rings is 9. The van der Waals surface area contributed by atoms with Crippen molar-refractivity contribution in [2.45, 2.75) is 0 Å². The molecule has 0 N–H and O–H groups in total. The number of thiophene rings is 1. The Kier molecular flexibility index (Phi) is 7.46. The van der Waals surface area contributed by atoms with Gasteiger partial charge in [-0.1, -0.05) is 127 Å². The number of nitrogens with zero attached hydrogens (tertiary/aromatic N) is 4. The number of hydrogen-bond acceptors (Lipinski definition) is 6. The summed E-state index contributed by atoms with van der Waals surface area (Å²) in [4.78, 5) is 15.9. The summed E-state index contributed by atoms with van der Waals surface area (Å²) < 4.78 is 18.0. The molecule has 7 heteroatoms. The highest BCUT2D eigenvalue weighted by atomic mass is 32.1. The maximum Gasteiger partial charge on any atom is 0.164 e. The van der Waals surface area contributed by atoms with Crippen LogP contribution in [0.1, 0.15) is 0 Å². The third-order valence-corrected chi connectivity index (χ3v) is 13.8. The van der Waals surface area contributed by atoms with E-state index in [4.69, 9.17) is 23.8 Å². The zero-order valence-corrected chi connectivity index (χ0v) is 34.8. The van der Waals surface area contributed by atoms with E-state index in [2.05, 4.69) is 162 Å². The molecular formula is C57H32N4O2S. The smallest absolute Gasteiger partial charge is 0.164 e. The first-order valence-electron chi connectivity index (χ1n) is 21.3. The summed E-state index contributed by atoms with van der Waals surface area (Å²) in [6.45, 7) is 0. The van der Waals surface area contributed by atoms with E-state index < -0.39 is 0 Å². The van der Waals surface area contributed by atoms with Crippen LogP contribution in [-0.2, 0) is 0 Å². The summed E-state index contributed by atoms with van der Waals surface area (Å²) in [5.41, 5.74) is 11.4. The van der Waals surface area contributed by atoms with Crippen molar-refractivity contribution in [3.05, 3.63) is 194 Å². The lowest BCUT2D eigenvalue weighted by Crippen LogP contribution is -2.00. The van der Waals surface area contributed by atoms with E-state index in [9.17, 15) is 0 Å². The molecule has 0 saturated heterocycles. The summed E-state index contributed by atoms with van der Waals surface area (Å²) in [6, 6.07) is 67.8. The molecule has 0 radical (unpaired) electrons. The molecule has 0 saturated carbocycles. The van der Waals surface area contributed by atoms with Gasteiger partial charge in [-0.3, -0.25) is 0 Å². The van der Waals surface area contributed by atoms with Crippen LogP contribution in [0.15, 0.2) is 203 Å². The molecule has 0 amide bonds. The molecule has 14 aromatic rings. The fourth-order valence-electron chi connectivity index (χ4n) is 9.83. The van der Waals surface area contributed by atoms with Crippen LogP contribution in [-0.4, -0.2) is 19.5 Å². The molecule has 0 atom stereocenters. The summed E-state index contributed by atoms with van der Waals surface area (Å²) in [5, 5.41) is 8.79. The zero-order valence-electron chi connectivity index (χ0n) is 34.0. The Morgan fingerprint density at radius 3 is 1.88 bits per heavy atom. The normalized spacial score (nSPS) is 12.1. The average molecular weight is 837 g/mol. The standard InChI is InChI=1S/C57H32N4O2S/c1-2-13-35(14-3-1)61-45-22-7-4-15-37(45)44-31-33(28-30-46(44)61)36-18-10-19-41-52-42(20-11-24-48(52)63-54(36)41)56-58-55(34-27-29-39-38-16-5-8-23-47(38)62-49(39)32-34)59-57(60-56)43-21-12-26-51-53(43)40-17-6-9-25-50(40)64-51/h1-32H. The Bertz CT molecular complexity index is 4210. The van der Waals surface area contributed by atoms with Gasteiger partial charge in [0.25, 0.3) is 0 Å². The number of para-hydroxylation sites is 4. The first kappa shape index (κ1) is 35.2. The first-order valence-corrected chi connectivity index (χ1v) is 22.2. The SMILES string of the molecule is c1ccc(-n2c3ccccc3c3cc(-c4cccc5c4oc4cccc(-c6nc(-c7ccc8c(c7)oc7ccccc78)nc(-c7cccc8sc9ccccc9c78)n6)c45)ccc32)cc1. The highest BCUT2D eigenvalue weighted by molar-refractivity contribution is 7.25. The number of fused-ring (bicyclic) bond motifs is 12. The van der Waals surface area contributed by atoms with Crippen LogP contribution < -0.4 is 0 Å². The number of hydrogen-bond donors (Lipinski definition) is 0. The predicted octanol–water partition coefficient (Wildman–Crippen LogP) is 15.8. The maximum absolute atomic E-state index is 6.89. The highest BCUT2D eigenvalue weighted by Gasteiger charge is 2.22. The predicted molar refractivity (Wildman–Crippen MR) is 263 cm³/mol. The third-order valence-electron chi connectivity index (χ3n) is 12.7. The zero-order chi connectivity index (χ0) is 41.9. The summed E-state index contributed by atoms with van der Waals surface area (Å²) in [6.07, 6.45) is 0. The fourth-order valence-corrected chi connectivity index (χ4v) is 11.0. The second-order valence-corrected chi connectivity index (χ2v) is 17.4. The molecule has 0 bridgehead atoms. The monoisotopic (exact) mass is 836 g/mol. The van der Waals surface area contributed by atoms with Gasteiger partial charge in [0.15, 0.2) is 17.5 Å². The van der Waals surface area contributed by atoms with Crippen molar-refractivity contribution >= 4 is 97.2 Å². The molecule has 0 aliphatic carbocycles. The first-order chi connectivity index (χ1) is 31.7. The van der Waals surface area contributed by atoms with Crippen LogP contribution in [0.3, 0.4) is 0 Å². The van der Waals surface area contributed by atoms with Gasteiger partial charge >= 0.3 is 0 Å². The van der Waals surface area contributed by atoms with Crippen molar-refractivity contribution in [3.8, 4) is 51.0 Å². The molecule has 9 aromatic carbocycles. The van der Waals surface area contributed by atoms with Gasteiger partial charge in [-0.05, 0) is 72.3 Å². The van der Waals surface area contributed by atoms with Gasteiger partial charge in [0, 0.05) is 80.4 Å². The van der Waals surface area contributed by atoms with Crippen LogP contribution in [0.5, 0.6) is 0 Å². The minimum atomic E-state index is 0.562. The molecule has 6 nitrogen and oxygen atoms in total. The van der Waals surface area contributed by atoms with Crippen LogP contribution >= 0.6 is 11.3 Å². The van der Waals surface area contributed by atoms with Crippen LogP contribution in [0.4, 0.5) is 0 Å². The van der Waals surface area contributed by atoms with E-state index in [-0.39, 0.29) is 0 Å². The average Bonchev–Trinajstić information content (AvgIpc) is 4.12. The molecular weight excluding hydrogens is 805 g/mol. The van der Waals surface area contributed by atoms with E-state index in [1.54, 1.807) is 11.3 Å². The third kappa shape index (κ3) is 5.22. The molecule has 64 heavy (non-hydrogen) atoms. The van der Waals surface area contributed by atoms with Gasteiger partial charge in [-0.25, -0.2) is 15.0 Å². The molecule has 5 aromatic heterocycles. The Labute approximate surface area is 368 Å². The molecule has 0 unspecified atom stereocenters. The van der Waals surface area contributed by atoms with E-state index in [0.29, 0.717) is 17.5 Å². The quantitative estimate of drug-likeness (QED) is 0.173. The van der Waals surface area contributed by atoms with Crippen LogP contribution in [0.25, 0.3) is 137 Å². The maximum atomic E-state index is 6.89. The largest absolute Gasteiger partial charge is 0.456 e. The fraction of sp³-hybridized carbons (Fsp3) is 0. The number of furan rings is 2. The van der Waals surface area contributed by atoms with Gasteiger partial charge in [0.1, 0.15) is 22.3 Å². The van der Waals surface area contributed by atoms with E-state index >= 15 is 0 Å². The van der Waals surface area contributed by atoms with Gasteiger partial charge in [-0.15, -0.1) is 11.3 Å². The lowest BCUT2D eigenvalue weighted by atomic mass is 9.99. The minimum Gasteiger partial charge on any atom is -0.456 e. The molecule has 0 aliphatic rings. The van der Waals surface area contributed by atoms with E-state index in [1.165, 1.54) is 31.1 Å². The summed E-state index contributed by atoms with van der Waals surface area (Å²) in [7, 11) is 0. The molecule has 298 valence electrons. The Hall–Kier alpha value is -8.39. The number of aromatic nitrogens is 4. The topological polar surface area (TPSA) is 69.9 Å². The van der Waals surface area contributed by atoms with E-state index in [1.807, 2.05) is 36.4 Å². The Morgan fingerprint density at radius 1 is 0.359 bits per heavy atom. The lowest BCUT2D eigenvalue weighted by molar-refractivity contribution is 0.669. The lowest BCUT2D eigenvalue weighted by Gasteiger charge is -2.10. The van der Waals surface area contributed by atoms with E-state index in [0.717, 1.165) is 88.3 Å². The second kappa shape index (κ2) is 13.6. The van der Waals surface area contributed by atoms with Crippen molar-refractivity contribution in [3.63, 3.8) is 0 Å². The van der Waals surface area contributed by atoms with Crippen LogP contribution in [0, 0.1) is 0 Å². The summed E-state index contributed by atoms with van der Waals surface area (Å²) in [5.74, 6) is 1.73. The van der Waals surface area contributed by atoms with Gasteiger partial charge < -0.3 is 13.4 Å². The van der Waals surface area contributed by atoms with Gasteiger partial charge in [0.05, 0.1) is 11.0 Å². The number of rotatable bonds is 5. The molecule has 0 aliphatic heterocycles. The molecule has 0 spiro atoms. The minimum absolute atomic E-state index is 0.562. The second-order valence-electron chi connectivity index (χ2n) is 16.3. The van der Waals surface area contributed by atoms with Crippen molar-refractivity contribution in [2.24, 2.45) is 0 Å². The molecule has 14 rings (SSSR count). The Balaban J connectivity index is 0.983. The van der Waals surface area contributed by atoms with Gasteiger partial charge in [0.2, 0.25) is 0 Å².